The van der Waals surface area contributed by atoms with Crippen molar-refractivity contribution in [2.75, 3.05) is 27.2 Å². The van der Waals surface area contributed by atoms with Gasteiger partial charge in [0.2, 0.25) is 11.7 Å². The molecule has 0 bridgehead atoms. The van der Waals surface area contributed by atoms with Gasteiger partial charge in [-0.1, -0.05) is 0 Å². The molecule has 1 heterocycles. The van der Waals surface area contributed by atoms with Crippen molar-refractivity contribution in [3.05, 3.63) is 48.0 Å². The second kappa shape index (κ2) is 8.09. The van der Waals surface area contributed by atoms with E-state index >= 15 is 0 Å². The number of nitrogens with zero attached hydrogens (tertiary/aromatic N) is 1. The number of halogens is 1. The molecule has 0 aliphatic heterocycles. The normalized spacial score (nSPS) is 10.2. The fourth-order valence-electron chi connectivity index (χ4n) is 1.91. The molecule has 0 saturated heterocycles. The molecular formula is C17H17FN2O5. The first-order chi connectivity index (χ1) is 11.9. The van der Waals surface area contributed by atoms with Gasteiger partial charge in [-0.3, -0.25) is 9.59 Å². The SMILES string of the molecule is CNC(=O)CN(C)C(=O)COC(=O)c1ccc(-c2ccc(F)cc2)o1. The van der Waals surface area contributed by atoms with Crippen molar-refractivity contribution >= 4 is 17.8 Å². The second-order valence-corrected chi connectivity index (χ2v) is 5.17. The predicted octanol–water partition coefficient (Wildman–Crippen LogP) is 1.45. The van der Waals surface area contributed by atoms with Crippen LogP contribution in [0.25, 0.3) is 11.3 Å². The van der Waals surface area contributed by atoms with Crippen molar-refractivity contribution in [3.8, 4) is 11.3 Å². The molecule has 0 radical (unpaired) electrons. The van der Waals surface area contributed by atoms with Gasteiger partial charge in [-0.25, -0.2) is 9.18 Å². The Hall–Kier alpha value is -3.16. The second-order valence-electron chi connectivity index (χ2n) is 5.17. The number of amides is 2. The Morgan fingerprint density at radius 1 is 1.16 bits per heavy atom. The van der Waals surface area contributed by atoms with Crippen LogP contribution in [0.4, 0.5) is 4.39 Å². The Morgan fingerprint density at radius 2 is 1.84 bits per heavy atom. The standard InChI is InChI=1S/C17H17FN2O5/c1-19-15(21)9-20(2)16(22)10-24-17(23)14-8-7-13(25-14)11-3-5-12(18)6-4-11/h3-8H,9-10H2,1-2H3,(H,19,21). The minimum atomic E-state index is -0.810. The van der Waals surface area contributed by atoms with Crippen LogP contribution in [0.1, 0.15) is 10.6 Å². The maximum Gasteiger partial charge on any atom is 0.374 e. The smallest absolute Gasteiger partial charge is 0.374 e. The van der Waals surface area contributed by atoms with Crippen molar-refractivity contribution in [1.29, 1.82) is 0 Å². The number of nitrogens with one attached hydrogen (secondary N) is 1. The summed E-state index contributed by atoms with van der Waals surface area (Å²) in [5.41, 5.74) is 0.599. The monoisotopic (exact) mass is 348 g/mol. The molecule has 132 valence electrons. The van der Waals surface area contributed by atoms with Crippen LogP contribution in [0, 0.1) is 5.82 Å². The van der Waals surface area contributed by atoms with E-state index in [1.165, 1.54) is 44.4 Å². The molecule has 0 fully saturated rings. The van der Waals surface area contributed by atoms with E-state index in [1.54, 1.807) is 6.07 Å². The van der Waals surface area contributed by atoms with Gasteiger partial charge < -0.3 is 19.4 Å². The van der Waals surface area contributed by atoms with E-state index in [0.29, 0.717) is 11.3 Å². The molecular weight excluding hydrogens is 331 g/mol. The summed E-state index contributed by atoms with van der Waals surface area (Å²) in [6, 6.07) is 8.53. The van der Waals surface area contributed by atoms with E-state index in [4.69, 9.17) is 9.15 Å². The number of rotatable bonds is 6. The Morgan fingerprint density at radius 3 is 2.48 bits per heavy atom. The van der Waals surface area contributed by atoms with E-state index in [1.807, 2.05) is 0 Å². The molecule has 0 unspecified atom stereocenters. The average molecular weight is 348 g/mol. The van der Waals surface area contributed by atoms with Crippen molar-refractivity contribution in [1.82, 2.24) is 10.2 Å². The molecule has 0 spiro atoms. The zero-order valence-electron chi connectivity index (χ0n) is 13.7. The third kappa shape index (κ3) is 4.90. The molecule has 7 nitrogen and oxygen atoms in total. The maximum absolute atomic E-state index is 12.9. The van der Waals surface area contributed by atoms with Crippen molar-refractivity contribution in [2.24, 2.45) is 0 Å². The molecule has 1 N–H and O–H groups in total. The highest BCUT2D eigenvalue weighted by molar-refractivity contribution is 5.90. The van der Waals surface area contributed by atoms with Gasteiger partial charge in [0.25, 0.3) is 5.91 Å². The van der Waals surface area contributed by atoms with Crippen LogP contribution in [0.3, 0.4) is 0 Å². The molecule has 25 heavy (non-hydrogen) atoms. The van der Waals surface area contributed by atoms with Gasteiger partial charge in [-0.05, 0) is 36.4 Å². The van der Waals surface area contributed by atoms with Gasteiger partial charge >= 0.3 is 5.97 Å². The van der Waals surface area contributed by atoms with Crippen LogP contribution in [0.5, 0.6) is 0 Å². The number of esters is 1. The van der Waals surface area contributed by atoms with E-state index in [0.717, 1.165) is 4.90 Å². The van der Waals surface area contributed by atoms with Crippen LogP contribution >= 0.6 is 0 Å². The topological polar surface area (TPSA) is 88.9 Å². The van der Waals surface area contributed by atoms with Crippen molar-refractivity contribution < 1.29 is 27.9 Å². The number of furan rings is 1. The maximum atomic E-state index is 12.9. The minimum absolute atomic E-state index is 0.0823. The van der Waals surface area contributed by atoms with Crippen LogP contribution in [0.15, 0.2) is 40.8 Å². The lowest BCUT2D eigenvalue weighted by atomic mass is 10.2. The summed E-state index contributed by atoms with van der Waals surface area (Å²) in [7, 11) is 2.88. The number of benzene rings is 1. The Labute approximate surface area is 143 Å². The first kappa shape index (κ1) is 18.2. The summed E-state index contributed by atoms with van der Waals surface area (Å²) in [5.74, 6) is -1.76. The van der Waals surface area contributed by atoms with E-state index in [9.17, 15) is 18.8 Å². The highest BCUT2D eigenvalue weighted by atomic mass is 19.1. The van der Waals surface area contributed by atoms with E-state index in [2.05, 4.69) is 5.32 Å². The van der Waals surface area contributed by atoms with Crippen molar-refractivity contribution in [3.63, 3.8) is 0 Å². The van der Waals surface area contributed by atoms with Gasteiger partial charge in [-0.15, -0.1) is 0 Å². The molecule has 8 heteroatoms. The third-order valence-corrected chi connectivity index (χ3v) is 3.35. The van der Waals surface area contributed by atoms with Gasteiger partial charge in [0.15, 0.2) is 6.61 Å². The fourth-order valence-corrected chi connectivity index (χ4v) is 1.91. The highest BCUT2D eigenvalue weighted by Crippen LogP contribution is 2.22. The lowest BCUT2D eigenvalue weighted by Crippen LogP contribution is -2.39. The summed E-state index contributed by atoms with van der Waals surface area (Å²) in [4.78, 5) is 36.0. The van der Waals surface area contributed by atoms with Gasteiger partial charge in [-0.2, -0.15) is 0 Å². The summed E-state index contributed by atoms with van der Waals surface area (Å²) in [6.07, 6.45) is 0. The van der Waals surface area contributed by atoms with E-state index < -0.39 is 18.5 Å². The zero-order valence-corrected chi connectivity index (χ0v) is 13.7. The number of carbonyl (C=O) groups excluding carboxylic acids is 3. The third-order valence-electron chi connectivity index (χ3n) is 3.35. The van der Waals surface area contributed by atoms with Gasteiger partial charge in [0.1, 0.15) is 11.6 Å². The first-order valence-corrected chi connectivity index (χ1v) is 7.38. The average Bonchev–Trinajstić information content (AvgIpc) is 3.09. The number of hydrogen-bond donors (Lipinski definition) is 1. The summed E-state index contributed by atoms with van der Waals surface area (Å²) >= 11 is 0. The molecule has 2 rings (SSSR count). The fraction of sp³-hybridized carbons (Fsp3) is 0.235. The van der Waals surface area contributed by atoms with Crippen LogP contribution in [0.2, 0.25) is 0 Å². The van der Waals surface area contributed by atoms with Crippen LogP contribution in [-0.4, -0.2) is 49.9 Å². The molecule has 2 amide bonds. The molecule has 0 aliphatic carbocycles. The number of hydrogen-bond acceptors (Lipinski definition) is 5. The predicted molar refractivity (Wildman–Crippen MR) is 86.1 cm³/mol. The van der Waals surface area contributed by atoms with E-state index in [-0.39, 0.29) is 24.0 Å². The Kier molecular flexibility index (Phi) is 5.89. The Balaban J connectivity index is 1.92. The quantitative estimate of drug-likeness (QED) is 0.798. The van der Waals surface area contributed by atoms with Crippen LogP contribution < -0.4 is 5.32 Å². The molecule has 1 aromatic heterocycles. The number of carbonyl (C=O) groups is 3. The summed E-state index contributed by atoms with van der Waals surface area (Å²) in [5, 5.41) is 2.38. The lowest BCUT2D eigenvalue weighted by Gasteiger charge is -2.15. The zero-order chi connectivity index (χ0) is 18.4. The van der Waals surface area contributed by atoms with Gasteiger partial charge in [0, 0.05) is 19.7 Å². The molecule has 0 saturated carbocycles. The summed E-state index contributed by atoms with van der Waals surface area (Å²) in [6.45, 7) is -0.652. The molecule has 1 aromatic carbocycles. The number of ether oxygens (including phenoxy) is 1. The minimum Gasteiger partial charge on any atom is -0.450 e. The van der Waals surface area contributed by atoms with Crippen LogP contribution in [-0.2, 0) is 14.3 Å². The van der Waals surface area contributed by atoms with Gasteiger partial charge in [0.05, 0.1) is 6.54 Å². The first-order valence-electron chi connectivity index (χ1n) is 7.38. The van der Waals surface area contributed by atoms with Crippen molar-refractivity contribution in [2.45, 2.75) is 0 Å². The number of likely N-dealkylation sites (N-methyl/N-ethyl adjacent to an activating group) is 2. The highest BCUT2D eigenvalue weighted by Gasteiger charge is 2.18. The summed E-state index contributed by atoms with van der Waals surface area (Å²) < 4.78 is 23.2. The largest absolute Gasteiger partial charge is 0.450 e. The molecule has 0 atom stereocenters. The molecule has 2 aromatic rings. The lowest BCUT2D eigenvalue weighted by molar-refractivity contribution is -0.137. The molecule has 0 aliphatic rings. The Bertz CT molecular complexity index is 770.